The molecule has 1 aromatic rings. The zero-order valence-electron chi connectivity index (χ0n) is 10.3. The van der Waals surface area contributed by atoms with Crippen LogP contribution in [0.15, 0.2) is 0 Å². The summed E-state index contributed by atoms with van der Waals surface area (Å²) in [5.41, 5.74) is 6.68. The normalized spacial score (nSPS) is 20.8. The molecule has 3 N–H and O–H groups in total. The average molecular weight is 253 g/mol. The van der Waals surface area contributed by atoms with E-state index in [0.717, 1.165) is 18.8 Å². The molecule has 2 unspecified atom stereocenters. The molecule has 1 aliphatic carbocycles. The number of nitrogens with two attached hydrogens (primary N) is 1. The maximum atomic E-state index is 11.5. The van der Waals surface area contributed by atoms with Crippen molar-refractivity contribution in [2.75, 3.05) is 5.32 Å². The van der Waals surface area contributed by atoms with Crippen LogP contribution in [0.1, 0.15) is 37.3 Å². The number of carbonyl (C=O) groups excluding carboxylic acids is 1. The number of amides is 1. The zero-order valence-corrected chi connectivity index (χ0v) is 11.1. The number of thiazole rings is 1. The lowest BCUT2D eigenvalue weighted by molar-refractivity contribution is -0.117. The van der Waals surface area contributed by atoms with E-state index >= 15 is 0 Å². The monoisotopic (exact) mass is 253 g/mol. The third-order valence-electron chi connectivity index (χ3n) is 3.26. The molecule has 1 heterocycles. The van der Waals surface area contributed by atoms with Gasteiger partial charge in [0.1, 0.15) is 0 Å². The average Bonchev–Trinajstić information content (AvgIpc) is 2.69. The molecule has 94 valence electrons. The minimum atomic E-state index is -0.487. The molecule has 0 bridgehead atoms. The minimum Gasteiger partial charge on any atom is -0.320 e. The Bertz CT molecular complexity index is 414. The van der Waals surface area contributed by atoms with Crippen LogP contribution in [-0.4, -0.2) is 16.9 Å². The number of hydrogen-bond donors (Lipinski definition) is 2. The number of aryl methyl sites for hydroxylation is 1. The van der Waals surface area contributed by atoms with E-state index in [1.54, 1.807) is 18.3 Å². The fourth-order valence-corrected chi connectivity index (χ4v) is 3.19. The summed E-state index contributed by atoms with van der Waals surface area (Å²) in [6, 6.07) is -0.487. The fraction of sp³-hybridized carbons (Fsp3) is 0.667. The highest BCUT2D eigenvalue weighted by atomic mass is 32.1. The van der Waals surface area contributed by atoms with Gasteiger partial charge in [0, 0.05) is 4.88 Å². The van der Waals surface area contributed by atoms with Crippen molar-refractivity contribution in [1.29, 1.82) is 0 Å². The van der Waals surface area contributed by atoms with Crippen LogP contribution in [0.4, 0.5) is 5.13 Å². The molecule has 0 spiro atoms. The van der Waals surface area contributed by atoms with Gasteiger partial charge in [-0.2, -0.15) is 0 Å². The lowest BCUT2D eigenvalue weighted by Gasteiger charge is -2.18. The molecule has 1 amide bonds. The van der Waals surface area contributed by atoms with Crippen molar-refractivity contribution < 1.29 is 4.79 Å². The number of anilines is 1. The first kappa shape index (κ1) is 12.5. The number of rotatable bonds is 3. The van der Waals surface area contributed by atoms with Gasteiger partial charge >= 0.3 is 0 Å². The van der Waals surface area contributed by atoms with Gasteiger partial charge in [0.05, 0.1) is 11.7 Å². The number of fused-ring (bicyclic) bond motifs is 1. The maximum absolute atomic E-state index is 11.5. The first-order chi connectivity index (χ1) is 8.10. The minimum absolute atomic E-state index is 0.164. The van der Waals surface area contributed by atoms with Crippen LogP contribution >= 0.6 is 11.3 Å². The van der Waals surface area contributed by atoms with Crippen molar-refractivity contribution in [3.8, 4) is 0 Å². The van der Waals surface area contributed by atoms with E-state index in [-0.39, 0.29) is 5.91 Å². The Kier molecular flexibility index (Phi) is 3.79. The zero-order chi connectivity index (χ0) is 12.4. The molecule has 4 nitrogen and oxygen atoms in total. The predicted molar refractivity (Wildman–Crippen MR) is 70.2 cm³/mol. The van der Waals surface area contributed by atoms with E-state index < -0.39 is 6.04 Å². The van der Waals surface area contributed by atoms with E-state index in [1.807, 2.05) is 0 Å². The number of nitrogens with zero attached hydrogens (tertiary/aromatic N) is 1. The van der Waals surface area contributed by atoms with Crippen molar-refractivity contribution in [2.45, 2.75) is 45.6 Å². The summed E-state index contributed by atoms with van der Waals surface area (Å²) in [6.07, 6.45) is 4.59. The molecule has 5 heteroatoms. The molecule has 2 rings (SSSR count). The summed E-state index contributed by atoms with van der Waals surface area (Å²) in [7, 11) is 0. The van der Waals surface area contributed by atoms with Gasteiger partial charge in [-0.3, -0.25) is 4.79 Å². The number of nitrogens with one attached hydrogen (secondary N) is 1. The van der Waals surface area contributed by atoms with Crippen LogP contribution in [0.25, 0.3) is 0 Å². The van der Waals surface area contributed by atoms with E-state index in [9.17, 15) is 4.79 Å². The van der Waals surface area contributed by atoms with Crippen LogP contribution in [0.3, 0.4) is 0 Å². The van der Waals surface area contributed by atoms with Crippen LogP contribution < -0.4 is 11.1 Å². The highest BCUT2D eigenvalue weighted by molar-refractivity contribution is 7.15. The molecular formula is C12H19N3OS. The smallest absolute Gasteiger partial charge is 0.242 e. The Labute approximate surface area is 106 Å². The maximum Gasteiger partial charge on any atom is 0.242 e. The van der Waals surface area contributed by atoms with Crippen molar-refractivity contribution >= 4 is 22.4 Å². The quantitative estimate of drug-likeness (QED) is 0.865. The van der Waals surface area contributed by atoms with E-state index in [0.29, 0.717) is 5.13 Å². The third-order valence-corrected chi connectivity index (χ3v) is 4.30. The fourth-order valence-electron chi connectivity index (χ4n) is 2.06. The van der Waals surface area contributed by atoms with Gasteiger partial charge in [-0.25, -0.2) is 4.98 Å². The largest absolute Gasteiger partial charge is 0.320 e. The van der Waals surface area contributed by atoms with Gasteiger partial charge in [0.25, 0.3) is 0 Å². The lowest BCUT2D eigenvalue weighted by Crippen LogP contribution is -2.32. The van der Waals surface area contributed by atoms with Gasteiger partial charge in [0.15, 0.2) is 5.13 Å². The summed E-state index contributed by atoms with van der Waals surface area (Å²) < 4.78 is 0. The molecule has 0 radical (unpaired) electrons. The van der Waals surface area contributed by atoms with E-state index in [2.05, 4.69) is 17.2 Å². The van der Waals surface area contributed by atoms with Crippen molar-refractivity contribution in [1.82, 2.24) is 4.98 Å². The van der Waals surface area contributed by atoms with E-state index in [4.69, 9.17) is 5.73 Å². The molecule has 0 fully saturated rings. The van der Waals surface area contributed by atoms with Crippen molar-refractivity contribution in [3.63, 3.8) is 0 Å². The van der Waals surface area contributed by atoms with Crippen LogP contribution in [-0.2, 0) is 17.6 Å². The Morgan fingerprint density at radius 1 is 1.71 bits per heavy atom. The Balaban J connectivity index is 2.08. The molecule has 0 aliphatic heterocycles. The van der Waals surface area contributed by atoms with Gasteiger partial charge in [-0.1, -0.05) is 13.3 Å². The van der Waals surface area contributed by atoms with Crippen molar-refractivity contribution in [2.24, 2.45) is 11.7 Å². The molecule has 1 aliphatic rings. The molecule has 17 heavy (non-hydrogen) atoms. The second kappa shape index (κ2) is 5.14. The van der Waals surface area contributed by atoms with E-state index in [1.165, 1.54) is 23.4 Å². The Morgan fingerprint density at radius 2 is 2.47 bits per heavy atom. The van der Waals surface area contributed by atoms with Crippen LogP contribution in [0.5, 0.6) is 0 Å². The van der Waals surface area contributed by atoms with Gasteiger partial charge in [-0.15, -0.1) is 11.3 Å². The molecule has 0 aromatic carbocycles. The summed E-state index contributed by atoms with van der Waals surface area (Å²) in [4.78, 5) is 17.3. The number of hydrogen-bond acceptors (Lipinski definition) is 4. The number of aromatic nitrogens is 1. The first-order valence-electron chi connectivity index (χ1n) is 6.15. The second-order valence-corrected chi connectivity index (χ2v) is 5.77. The highest BCUT2D eigenvalue weighted by Crippen LogP contribution is 2.33. The standard InChI is InChI=1S/C12H19N3OS/c1-3-8-4-5-9-10(6-8)17-12(14-9)15-11(16)7(2)13/h7-8H,3-6,13H2,1-2H3,(H,14,15,16). The summed E-state index contributed by atoms with van der Waals surface area (Å²) in [5.74, 6) is 0.614. The van der Waals surface area contributed by atoms with Crippen molar-refractivity contribution in [3.05, 3.63) is 10.6 Å². The molecular weight excluding hydrogens is 234 g/mol. The molecule has 0 saturated carbocycles. The van der Waals surface area contributed by atoms with Gasteiger partial charge in [-0.05, 0) is 32.1 Å². The molecule has 2 atom stereocenters. The topological polar surface area (TPSA) is 68.0 Å². The molecule has 1 aromatic heterocycles. The first-order valence-corrected chi connectivity index (χ1v) is 6.96. The SMILES string of the molecule is CCC1CCc2nc(NC(=O)C(C)N)sc2C1. The summed E-state index contributed by atoms with van der Waals surface area (Å²) in [5, 5.41) is 3.48. The summed E-state index contributed by atoms with van der Waals surface area (Å²) >= 11 is 1.60. The van der Waals surface area contributed by atoms with Crippen LogP contribution in [0, 0.1) is 5.92 Å². The van der Waals surface area contributed by atoms with Crippen LogP contribution in [0.2, 0.25) is 0 Å². The molecule has 0 saturated heterocycles. The lowest BCUT2D eigenvalue weighted by atomic mass is 9.89. The third kappa shape index (κ3) is 2.84. The Morgan fingerprint density at radius 3 is 3.12 bits per heavy atom. The van der Waals surface area contributed by atoms with Gasteiger partial charge < -0.3 is 11.1 Å². The highest BCUT2D eigenvalue weighted by Gasteiger charge is 2.22. The summed E-state index contributed by atoms with van der Waals surface area (Å²) in [6.45, 7) is 3.91. The number of carbonyl (C=O) groups is 1. The Hall–Kier alpha value is -0.940. The predicted octanol–water partition coefficient (Wildman–Crippen LogP) is 1.94. The second-order valence-electron chi connectivity index (χ2n) is 4.68. The van der Waals surface area contributed by atoms with Gasteiger partial charge in [0.2, 0.25) is 5.91 Å².